The van der Waals surface area contributed by atoms with Gasteiger partial charge in [-0.2, -0.15) is 0 Å². The van der Waals surface area contributed by atoms with Gasteiger partial charge in [-0.15, -0.1) is 0 Å². The Bertz CT molecular complexity index is 700. The van der Waals surface area contributed by atoms with Gasteiger partial charge >= 0.3 is 6.03 Å². The molecule has 2 aromatic carbocycles. The van der Waals surface area contributed by atoms with Crippen LogP contribution in [0.2, 0.25) is 0 Å². The molecule has 5 nitrogen and oxygen atoms in total. The van der Waals surface area contributed by atoms with Crippen LogP contribution in [0, 0.1) is 5.82 Å². The van der Waals surface area contributed by atoms with Gasteiger partial charge in [0.1, 0.15) is 18.2 Å². The molecule has 2 N–H and O–H groups in total. The van der Waals surface area contributed by atoms with Crippen LogP contribution in [-0.4, -0.2) is 25.3 Å². The molecule has 1 aliphatic rings. The molecular weight excluding hydrogens is 323 g/mol. The van der Waals surface area contributed by atoms with Crippen LogP contribution in [0.4, 0.5) is 14.9 Å². The average molecular weight is 344 g/mol. The van der Waals surface area contributed by atoms with Crippen LogP contribution in [-0.2, 0) is 11.3 Å². The Kier molecular flexibility index (Phi) is 5.85. The second-order valence-corrected chi connectivity index (χ2v) is 5.91. The summed E-state index contributed by atoms with van der Waals surface area (Å²) in [7, 11) is 0. The first-order valence-electron chi connectivity index (χ1n) is 8.33. The van der Waals surface area contributed by atoms with E-state index >= 15 is 0 Å². The molecule has 1 atom stereocenters. The molecule has 0 bridgehead atoms. The lowest BCUT2D eigenvalue weighted by Crippen LogP contribution is -2.35. The molecule has 1 heterocycles. The molecule has 0 radical (unpaired) electrons. The first kappa shape index (κ1) is 17.2. The highest BCUT2D eigenvalue weighted by Gasteiger charge is 2.16. The number of nitrogens with one attached hydrogen (secondary N) is 2. The number of carbonyl (C=O) groups excluding carboxylic acids is 1. The highest BCUT2D eigenvalue weighted by atomic mass is 19.1. The number of hydrogen-bond acceptors (Lipinski definition) is 3. The van der Waals surface area contributed by atoms with E-state index < -0.39 is 0 Å². The number of rotatable bonds is 6. The summed E-state index contributed by atoms with van der Waals surface area (Å²) < 4.78 is 24.0. The second kappa shape index (κ2) is 8.48. The van der Waals surface area contributed by atoms with E-state index in [1.807, 2.05) is 0 Å². The quantitative estimate of drug-likeness (QED) is 0.840. The number of benzene rings is 2. The maximum Gasteiger partial charge on any atom is 0.319 e. The molecule has 0 spiro atoms. The summed E-state index contributed by atoms with van der Waals surface area (Å²) in [6.07, 6.45) is 2.13. The van der Waals surface area contributed by atoms with Crippen molar-refractivity contribution in [1.82, 2.24) is 5.32 Å². The Morgan fingerprint density at radius 2 is 2.08 bits per heavy atom. The first-order valence-corrected chi connectivity index (χ1v) is 8.33. The van der Waals surface area contributed by atoms with Gasteiger partial charge in [0.05, 0.1) is 6.10 Å². The lowest BCUT2D eigenvalue weighted by molar-refractivity contribution is 0.112. The van der Waals surface area contributed by atoms with E-state index in [1.165, 1.54) is 12.1 Å². The third kappa shape index (κ3) is 5.46. The van der Waals surface area contributed by atoms with Crippen molar-refractivity contribution in [2.24, 2.45) is 0 Å². The van der Waals surface area contributed by atoms with Crippen LogP contribution in [0.1, 0.15) is 18.4 Å². The number of amides is 2. The van der Waals surface area contributed by atoms with Crippen LogP contribution in [0.25, 0.3) is 0 Å². The highest BCUT2D eigenvalue weighted by Crippen LogP contribution is 2.19. The Balaban J connectivity index is 1.48. The highest BCUT2D eigenvalue weighted by molar-refractivity contribution is 5.89. The van der Waals surface area contributed by atoms with Gasteiger partial charge in [-0.05, 0) is 42.7 Å². The van der Waals surface area contributed by atoms with E-state index in [9.17, 15) is 9.18 Å². The lowest BCUT2D eigenvalue weighted by Gasteiger charge is -2.12. The van der Waals surface area contributed by atoms with E-state index in [0.29, 0.717) is 24.6 Å². The lowest BCUT2D eigenvalue weighted by atomic mass is 10.2. The number of hydrogen-bond donors (Lipinski definition) is 2. The van der Waals surface area contributed by atoms with Crippen LogP contribution in [0.3, 0.4) is 0 Å². The number of ether oxygens (including phenoxy) is 2. The van der Waals surface area contributed by atoms with E-state index in [-0.39, 0.29) is 18.0 Å². The van der Waals surface area contributed by atoms with Crippen LogP contribution in [0.5, 0.6) is 5.75 Å². The van der Waals surface area contributed by atoms with Crippen molar-refractivity contribution < 1.29 is 18.7 Å². The summed E-state index contributed by atoms with van der Waals surface area (Å²) in [6.45, 7) is 1.60. The van der Waals surface area contributed by atoms with Crippen molar-refractivity contribution in [2.75, 3.05) is 18.5 Å². The third-order valence-electron chi connectivity index (χ3n) is 3.92. The minimum atomic E-state index is -0.274. The molecule has 2 amide bonds. The Morgan fingerprint density at radius 1 is 1.24 bits per heavy atom. The van der Waals surface area contributed by atoms with Gasteiger partial charge < -0.3 is 20.1 Å². The van der Waals surface area contributed by atoms with Crippen molar-refractivity contribution in [3.8, 4) is 5.75 Å². The van der Waals surface area contributed by atoms with Gasteiger partial charge in [-0.1, -0.05) is 18.2 Å². The molecule has 0 saturated carbocycles. The standard InChI is InChI=1S/C19H21FN2O3/c20-15-8-6-14(7-9-15)13-25-17-4-1-3-16(11-17)22-19(23)21-12-18-5-2-10-24-18/h1,3-4,6-9,11,18H,2,5,10,12-13H2,(H2,21,22,23). The maximum absolute atomic E-state index is 12.9. The predicted molar refractivity (Wildman–Crippen MR) is 93.2 cm³/mol. The van der Waals surface area contributed by atoms with Crippen LogP contribution in [0.15, 0.2) is 48.5 Å². The maximum atomic E-state index is 12.9. The molecule has 2 aromatic rings. The largest absolute Gasteiger partial charge is 0.489 e. The SMILES string of the molecule is O=C(NCC1CCCO1)Nc1cccc(OCc2ccc(F)cc2)c1. The topological polar surface area (TPSA) is 59.6 Å². The van der Waals surface area contributed by atoms with Crippen molar-refractivity contribution >= 4 is 11.7 Å². The minimum Gasteiger partial charge on any atom is -0.489 e. The fraction of sp³-hybridized carbons (Fsp3) is 0.316. The van der Waals surface area contributed by atoms with Gasteiger partial charge in [-0.3, -0.25) is 0 Å². The summed E-state index contributed by atoms with van der Waals surface area (Å²) in [4.78, 5) is 11.9. The van der Waals surface area contributed by atoms with E-state index in [1.54, 1.807) is 36.4 Å². The van der Waals surface area contributed by atoms with Crippen molar-refractivity contribution in [2.45, 2.75) is 25.6 Å². The Hall–Kier alpha value is -2.60. The van der Waals surface area contributed by atoms with Crippen molar-refractivity contribution in [1.29, 1.82) is 0 Å². The zero-order valence-corrected chi connectivity index (χ0v) is 13.8. The van der Waals surface area contributed by atoms with Crippen molar-refractivity contribution in [3.63, 3.8) is 0 Å². The molecule has 1 unspecified atom stereocenters. The average Bonchev–Trinajstić information content (AvgIpc) is 3.13. The molecule has 1 saturated heterocycles. The molecule has 0 aliphatic carbocycles. The van der Waals surface area contributed by atoms with Gasteiger partial charge in [0.2, 0.25) is 0 Å². The Labute approximate surface area is 146 Å². The molecular formula is C19H21FN2O3. The summed E-state index contributed by atoms with van der Waals surface area (Å²) in [5, 5.41) is 5.58. The molecule has 132 valence electrons. The summed E-state index contributed by atoms with van der Waals surface area (Å²) in [5.41, 5.74) is 1.51. The zero-order valence-electron chi connectivity index (χ0n) is 13.8. The van der Waals surface area contributed by atoms with Crippen molar-refractivity contribution in [3.05, 3.63) is 59.9 Å². The molecule has 0 aromatic heterocycles. The van der Waals surface area contributed by atoms with E-state index in [4.69, 9.17) is 9.47 Å². The molecule has 25 heavy (non-hydrogen) atoms. The third-order valence-corrected chi connectivity index (χ3v) is 3.92. The van der Waals surface area contributed by atoms with Gasteiger partial charge in [0.25, 0.3) is 0 Å². The van der Waals surface area contributed by atoms with E-state index in [2.05, 4.69) is 10.6 Å². The molecule has 3 rings (SSSR count). The Morgan fingerprint density at radius 3 is 2.84 bits per heavy atom. The fourth-order valence-corrected chi connectivity index (χ4v) is 2.60. The fourth-order valence-electron chi connectivity index (χ4n) is 2.60. The van der Waals surface area contributed by atoms with Crippen LogP contribution < -0.4 is 15.4 Å². The number of halogens is 1. The number of urea groups is 1. The normalized spacial score (nSPS) is 16.4. The second-order valence-electron chi connectivity index (χ2n) is 5.91. The summed E-state index contributed by atoms with van der Waals surface area (Å²) in [5.74, 6) is 0.352. The van der Waals surface area contributed by atoms with Gasteiger partial charge in [-0.25, -0.2) is 9.18 Å². The zero-order chi connectivity index (χ0) is 17.5. The van der Waals surface area contributed by atoms with Gasteiger partial charge in [0, 0.05) is 24.9 Å². The number of carbonyl (C=O) groups is 1. The molecule has 6 heteroatoms. The molecule has 1 fully saturated rings. The minimum absolute atomic E-state index is 0.108. The summed E-state index contributed by atoms with van der Waals surface area (Å²) >= 11 is 0. The summed E-state index contributed by atoms with van der Waals surface area (Å²) in [6, 6.07) is 13.0. The first-order chi connectivity index (χ1) is 12.2. The van der Waals surface area contributed by atoms with Crippen LogP contribution >= 0.6 is 0 Å². The monoisotopic (exact) mass is 344 g/mol. The predicted octanol–water partition coefficient (Wildman–Crippen LogP) is 3.71. The smallest absolute Gasteiger partial charge is 0.319 e. The van der Waals surface area contributed by atoms with E-state index in [0.717, 1.165) is 25.0 Å². The number of anilines is 1. The molecule has 1 aliphatic heterocycles. The van der Waals surface area contributed by atoms with Gasteiger partial charge in [0.15, 0.2) is 0 Å².